The summed E-state index contributed by atoms with van der Waals surface area (Å²) < 4.78 is 38.8. The molecule has 1 rings (SSSR count). The van der Waals surface area contributed by atoms with E-state index in [0.717, 1.165) is 25.3 Å². The fraction of sp³-hybridized carbons (Fsp3) is 0.571. The first-order valence-corrected chi connectivity index (χ1v) is 6.59. The maximum atomic E-state index is 12.9. The van der Waals surface area contributed by atoms with Crippen molar-refractivity contribution in [3.8, 4) is 0 Å². The Labute approximate surface area is 117 Å². The van der Waals surface area contributed by atoms with Crippen LogP contribution in [0.3, 0.4) is 0 Å². The topological polar surface area (TPSA) is 49.5 Å². The van der Waals surface area contributed by atoms with E-state index in [1.807, 2.05) is 4.90 Å². The molecule has 0 aliphatic carbocycles. The van der Waals surface area contributed by atoms with Crippen LogP contribution < -0.4 is 5.73 Å². The average Bonchev–Trinajstić information content (AvgIpc) is 2.35. The van der Waals surface area contributed by atoms with Gasteiger partial charge in [-0.15, -0.1) is 0 Å². The summed E-state index contributed by atoms with van der Waals surface area (Å²) in [5, 5.41) is 8.67. The van der Waals surface area contributed by atoms with Crippen LogP contribution in [0.1, 0.15) is 30.4 Å². The first-order valence-electron chi connectivity index (χ1n) is 6.59. The van der Waals surface area contributed by atoms with Gasteiger partial charge in [0.2, 0.25) is 0 Å². The molecule has 0 aliphatic heterocycles. The lowest BCUT2D eigenvalue weighted by molar-refractivity contribution is -0.138. The molecule has 3 nitrogen and oxygen atoms in total. The third kappa shape index (κ3) is 5.38. The summed E-state index contributed by atoms with van der Waals surface area (Å²) in [5.41, 5.74) is 5.11. The second-order valence-electron chi connectivity index (χ2n) is 4.94. The zero-order valence-electron chi connectivity index (χ0n) is 11.6. The van der Waals surface area contributed by atoms with E-state index in [1.54, 1.807) is 7.05 Å². The van der Waals surface area contributed by atoms with Gasteiger partial charge < -0.3 is 15.7 Å². The van der Waals surface area contributed by atoms with Crippen LogP contribution >= 0.6 is 0 Å². The van der Waals surface area contributed by atoms with Crippen molar-refractivity contribution in [3.63, 3.8) is 0 Å². The highest BCUT2D eigenvalue weighted by molar-refractivity contribution is 5.46. The molecule has 20 heavy (non-hydrogen) atoms. The second kappa shape index (κ2) is 7.50. The molecule has 0 spiro atoms. The molecular formula is C14H21F3N2O. The fourth-order valence-corrected chi connectivity index (χ4v) is 2.04. The van der Waals surface area contributed by atoms with Gasteiger partial charge in [-0.2, -0.15) is 13.2 Å². The van der Waals surface area contributed by atoms with Crippen LogP contribution in [0, 0.1) is 0 Å². The Kier molecular flexibility index (Phi) is 6.29. The minimum absolute atomic E-state index is 0.117. The van der Waals surface area contributed by atoms with E-state index in [2.05, 4.69) is 0 Å². The van der Waals surface area contributed by atoms with Gasteiger partial charge in [0.15, 0.2) is 0 Å². The van der Waals surface area contributed by atoms with Crippen molar-refractivity contribution in [2.75, 3.05) is 25.9 Å². The summed E-state index contributed by atoms with van der Waals surface area (Å²) in [6.07, 6.45) is -1.94. The molecule has 0 saturated heterocycles. The Bertz CT molecular complexity index is 421. The molecule has 0 fully saturated rings. The Hall–Kier alpha value is -1.27. The number of nitrogens with zero attached hydrogens (tertiary/aromatic N) is 1. The number of halogens is 3. The number of nitrogen functional groups attached to an aromatic ring is 1. The van der Waals surface area contributed by atoms with Crippen molar-refractivity contribution in [2.24, 2.45) is 0 Å². The smallest absolute Gasteiger partial charge is 0.399 e. The van der Waals surface area contributed by atoms with Gasteiger partial charge in [0.25, 0.3) is 0 Å². The molecule has 1 aromatic rings. The number of benzene rings is 1. The predicted octanol–water partition coefficient (Wildman–Crippen LogP) is 2.88. The first kappa shape index (κ1) is 16.8. The van der Waals surface area contributed by atoms with Crippen LogP contribution in [0.25, 0.3) is 0 Å². The highest BCUT2D eigenvalue weighted by Gasteiger charge is 2.33. The van der Waals surface area contributed by atoms with E-state index in [4.69, 9.17) is 10.8 Å². The van der Waals surface area contributed by atoms with Crippen LogP contribution in [0.4, 0.5) is 18.9 Å². The van der Waals surface area contributed by atoms with Gasteiger partial charge in [0, 0.05) is 18.8 Å². The minimum Gasteiger partial charge on any atom is -0.399 e. The first-order chi connectivity index (χ1) is 9.34. The van der Waals surface area contributed by atoms with Crippen molar-refractivity contribution in [1.29, 1.82) is 0 Å². The van der Waals surface area contributed by atoms with Gasteiger partial charge in [-0.1, -0.05) is 6.07 Å². The van der Waals surface area contributed by atoms with Gasteiger partial charge in [-0.05, 0) is 50.6 Å². The SMILES string of the molecule is CN(CCCCCO)Cc1ccc(N)cc1C(F)(F)F. The summed E-state index contributed by atoms with van der Waals surface area (Å²) in [4.78, 5) is 1.85. The van der Waals surface area contributed by atoms with Crippen molar-refractivity contribution >= 4 is 5.69 Å². The standard InChI is InChI=1S/C14H21F3N2O/c1-19(7-3-2-4-8-20)10-11-5-6-12(18)9-13(11)14(15,16)17/h5-6,9,20H,2-4,7-8,10,18H2,1H3. The van der Waals surface area contributed by atoms with Crippen LogP contribution in [0.15, 0.2) is 18.2 Å². The molecule has 6 heteroatoms. The maximum absolute atomic E-state index is 12.9. The number of aliphatic hydroxyl groups excluding tert-OH is 1. The van der Waals surface area contributed by atoms with Crippen molar-refractivity contribution in [2.45, 2.75) is 32.0 Å². The quantitative estimate of drug-likeness (QED) is 0.599. The third-order valence-electron chi connectivity index (χ3n) is 3.08. The molecule has 0 aromatic heterocycles. The molecule has 3 N–H and O–H groups in total. The monoisotopic (exact) mass is 290 g/mol. The molecule has 0 radical (unpaired) electrons. The second-order valence-corrected chi connectivity index (χ2v) is 4.94. The highest BCUT2D eigenvalue weighted by Crippen LogP contribution is 2.33. The molecule has 0 aliphatic rings. The van der Waals surface area contributed by atoms with E-state index in [0.29, 0.717) is 6.54 Å². The Balaban J connectivity index is 2.67. The van der Waals surface area contributed by atoms with Gasteiger partial charge in [0.05, 0.1) is 5.56 Å². The summed E-state index contributed by atoms with van der Waals surface area (Å²) in [7, 11) is 1.79. The largest absolute Gasteiger partial charge is 0.416 e. The normalized spacial score (nSPS) is 12.1. The number of hydrogen-bond acceptors (Lipinski definition) is 3. The lowest BCUT2D eigenvalue weighted by atomic mass is 10.1. The Morgan fingerprint density at radius 3 is 2.50 bits per heavy atom. The zero-order chi connectivity index (χ0) is 15.2. The summed E-state index contributed by atoms with van der Waals surface area (Å²) >= 11 is 0. The van der Waals surface area contributed by atoms with Gasteiger partial charge in [-0.3, -0.25) is 0 Å². The van der Waals surface area contributed by atoms with Crippen molar-refractivity contribution in [3.05, 3.63) is 29.3 Å². The van der Waals surface area contributed by atoms with Gasteiger partial charge in [-0.25, -0.2) is 0 Å². The molecule has 0 heterocycles. The summed E-state index contributed by atoms with van der Waals surface area (Å²) in [5.74, 6) is 0. The van der Waals surface area contributed by atoms with Crippen molar-refractivity contribution in [1.82, 2.24) is 4.90 Å². The van der Waals surface area contributed by atoms with Crippen LogP contribution in [-0.4, -0.2) is 30.2 Å². The summed E-state index contributed by atoms with van der Waals surface area (Å²) in [6, 6.07) is 3.90. The number of rotatable bonds is 7. The molecule has 0 unspecified atom stereocenters. The van der Waals surface area contributed by atoms with Gasteiger partial charge >= 0.3 is 6.18 Å². The number of hydrogen-bond donors (Lipinski definition) is 2. The van der Waals surface area contributed by atoms with E-state index < -0.39 is 11.7 Å². The van der Waals surface area contributed by atoms with E-state index in [9.17, 15) is 13.2 Å². The molecule has 0 bridgehead atoms. The Morgan fingerprint density at radius 2 is 1.90 bits per heavy atom. The predicted molar refractivity (Wildman–Crippen MR) is 73.1 cm³/mol. The zero-order valence-corrected chi connectivity index (χ0v) is 11.6. The molecule has 0 saturated carbocycles. The average molecular weight is 290 g/mol. The van der Waals surface area contributed by atoms with Gasteiger partial charge in [0.1, 0.15) is 0 Å². The number of anilines is 1. The van der Waals surface area contributed by atoms with E-state index in [-0.39, 0.29) is 24.4 Å². The van der Waals surface area contributed by atoms with Crippen LogP contribution in [0.5, 0.6) is 0 Å². The number of nitrogens with two attached hydrogens (primary N) is 1. The van der Waals surface area contributed by atoms with Crippen molar-refractivity contribution < 1.29 is 18.3 Å². The molecular weight excluding hydrogens is 269 g/mol. The Morgan fingerprint density at radius 1 is 1.20 bits per heavy atom. The fourth-order valence-electron chi connectivity index (χ4n) is 2.04. The minimum atomic E-state index is -4.39. The molecule has 1 aromatic carbocycles. The number of alkyl halides is 3. The lowest BCUT2D eigenvalue weighted by Gasteiger charge is -2.20. The number of unbranched alkanes of at least 4 members (excludes halogenated alkanes) is 2. The molecule has 114 valence electrons. The molecule has 0 amide bonds. The third-order valence-corrected chi connectivity index (χ3v) is 3.08. The lowest BCUT2D eigenvalue weighted by Crippen LogP contribution is -2.22. The van der Waals surface area contributed by atoms with Crippen LogP contribution in [-0.2, 0) is 12.7 Å². The maximum Gasteiger partial charge on any atom is 0.416 e. The van der Waals surface area contributed by atoms with Crippen LogP contribution in [0.2, 0.25) is 0 Å². The highest BCUT2D eigenvalue weighted by atomic mass is 19.4. The molecule has 0 atom stereocenters. The number of aliphatic hydroxyl groups is 1. The summed E-state index contributed by atoms with van der Waals surface area (Å²) in [6.45, 7) is 1.08. The van der Waals surface area contributed by atoms with E-state index in [1.165, 1.54) is 12.1 Å². The van der Waals surface area contributed by atoms with E-state index >= 15 is 0 Å².